The van der Waals surface area contributed by atoms with Crippen LogP contribution < -0.4 is 0 Å². The second-order valence-electron chi connectivity index (χ2n) is 2.81. The summed E-state index contributed by atoms with van der Waals surface area (Å²) in [5.74, 6) is -2.15. The van der Waals surface area contributed by atoms with Crippen LogP contribution >= 0.6 is 22.6 Å². The SMILES string of the molecule is O=C(O)C(F)(I)C(F)F.c1cc2ccc1-2. The summed E-state index contributed by atoms with van der Waals surface area (Å²) in [4.78, 5) is 9.60. The number of carboxylic acids is 1. The maximum absolute atomic E-state index is 12.0. The Hall–Kier alpha value is -0.790. The molecule has 1 N–H and O–H groups in total. The average molecular weight is 330 g/mol. The molecule has 2 aliphatic rings. The topological polar surface area (TPSA) is 37.3 Å². The van der Waals surface area contributed by atoms with E-state index in [9.17, 15) is 18.0 Å². The molecule has 0 fully saturated rings. The minimum absolute atomic E-state index is 0.539. The van der Waals surface area contributed by atoms with Crippen molar-refractivity contribution in [1.29, 1.82) is 0 Å². The molecular formula is C9H6F3IO2. The van der Waals surface area contributed by atoms with E-state index in [0.717, 1.165) is 0 Å². The molecule has 2 nitrogen and oxygen atoms in total. The highest BCUT2D eigenvalue weighted by atomic mass is 127. The molecule has 0 aromatic rings. The van der Waals surface area contributed by atoms with Gasteiger partial charge in [0, 0.05) is 0 Å². The minimum atomic E-state index is -3.49. The Morgan fingerprint density at radius 3 is 1.60 bits per heavy atom. The second kappa shape index (κ2) is 4.38. The number of rotatable bonds is 2. The lowest BCUT2D eigenvalue weighted by atomic mass is 9.95. The Kier molecular flexibility index (Phi) is 3.58. The van der Waals surface area contributed by atoms with Crippen molar-refractivity contribution < 1.29 is 23.1 Å². The molecule has 0 bridgehead atoms. The van der Waals surface area contributed by atoms with Gasteiger partial charge >= 0.3 is 9.64 Å². The molecule has 0 aromatic heterocycles. The minimum Gasteiger partial charge on any atom is -0.478 e. The van der Waals surface area contributed by atoms with E-state index in [1.807, 2.05) is 0 Å². The van der Waals surface area contributed by atoms with Gasteiger partial charge in [-0.1, -0.05) is 24.3 Å². The third-order valence-electron chi connectivity index (χ3n) is 1.78. The van der Waals surface area contributed by atoms with Crippen LogP contribution in [0.5, 0.6) is 0 Å². The van der Waals surface area contributed by atoms with Gasteiger partial charge in [-0.05, 0) is 33.7 Å². The van der Waals surface area contributed by atoms with E-state index in [-0.39, 0.29) is 0 Å². The van der Waals surface area contributed by atoms with Crippen molar-refractivity contribution in [2.45, 2.75) is 10.1 Å². The van der Waals surface area contributed by atoms with E-state index < -0.39 is 16.1 Å². The summed E-state index contributed by atoms with van der Waals surface area (Å²) in [5.41, 5.74) is 2.85. The van der Waals surface area contributed by atoms with Crippen molar-refractivity contribution in [3.63, 3.8) is 0 Å². The molecule has 1 atom stereocenters. The standard InChI is InChI=1S/C6H4.C3H2F3IO2/c1-2-6-4-3-5(1)6;4-1(5)3(6,7)2(8)9/h1-4H;1H,(H,8,9). The van der Waals surface area contributed by atoms with E-state index in [2.05, 4.69) is 24.3 Å². The molecule has 0 radical (unpaired) electrons. The number of aliphatic carboxylic acids is 1. The number of carbonyl (C=O) groups is 1. The highest BCUT2D eigenvalue weighted by Gasteiger charge is 2.45. The van der Waals surface area contributed by atoms with E-state index in [1.54, 1.807) is 0 Å². The van der Waals surface area contributed by atoms with Crippen LogP contribution in [-0.2, 0) is 4.79 Å². The summed E-state index contributed by atoms with van der Waals surface area (Å²) < 4.78 is 31.1. The van der Waals surface area contributed by atoms with Crippen LogP contribution in [0, 0.1) is 0 Å². The molecule has 2 rings (SSSR count). The molecule has 0 saturated heterocycles. The number of carboxylic acid groups (broad SMARTS) is 1. The van der Waals surface area contributed by atoms with E-state index >= 15 is 0 Å². The molecule has 0 aliphatic heterocycles. The highest BCUT2D eigenvalue weighted by Crippen LogP contribution is 2.29. The molecule has 6 heteroatoms. The number of halogens is 4. The summed E-state index contributed by atoms with van der Waals surface area (Å²) in [5, 5.41) is 7.75. The van der Waals surface area contributed by atoms with Gasteiger partial charge in [-0.15, -0.1) is 0 Å². The first-order valence-electron chi connectivity index (χ1n) is 3.85. The van der Waals surface area contributed by atoms with Crippen LogP contribution in [0.2, 0.25) is 0 Å². The molecule has 0 amide bonds. The molecule has 82 valence electrons. The number of alkyl halides is 4. The lowest BCUT2D eigenvalue weighted by Gasteiger charge is -2.10. The summed E-state index contributed by atoms with van der Waals surface area (Å²) in [6, 6.07) is 8.48. The van der Waals surface area contributed by atoms with Crippen molar-refractivity contribution >= 4 is 28.6 Å². The molecule has 0 heterocycles. The fourth-order valence-corrected chi connectivity index (χ4v) is 0.756. The van der Waals surface area contributed by atoms with Crippen molar-refractivity contribution in [3.8, 4) is 11.1 Å². The third-order valence-corrected chi connectivity index (χ3v) is 2.71. The first-order valence-corrected chi connectivity index (χ1v) is 4.93. The first-order chi connectivity index (χ1) is 6.85. The second-order valence-corrected chi connectivity index (χ2v) is 4.38. The van der Waals surface area contributed by atoms with E-state index in [1.165, 1.54) is 11.1 Å². The molecule has 1 unspecified atom stereocenters. The average Bonchev–Trinajstić information content (AvgIpc) is 2.11. The normalized spacial score (nSPS) is 15.0. The van der Waals surface area contributed by atoms with Gasteiger partial charge in [0.25, 0.3) is 6.43 Å². The van der Waals surface area contributed by atoms with Crippen LogP contribution in [0.25, 0.3) is 11.1 Å². The van der Waals surface area contributed by atoms with Gasteiger partial charge in [0.2, 0.25) is 0 Å². The molecule has 0 spiro atoms. The molecule has 0 aromatic carbocycles. The Bertz CT molecular complexity index is 341. The summed E-state index contributed by atoms with van der Waals surface area (Å²) in [6.07, 6.45) is -3.49. The monoisotopic (exact) mass is 330 g/mol. The Labute approximate surface area is 97.2 Å². The maximum atomic E-state index is 12.0. The van der Waals surface area contributed by atoms with Gasteiger partial charge in [-0.3, -0.25) is 0 Å². The van der Waals surface area contributed by atoms with Gasteiger partial charge in [0.1, 0.15) is 0 Å². The van der Waals surface area contributed by atoms with Crippen molar-refractivity contribution in [2.24, 2.45) is 0 Å². The number of fused-ring (bicyclic) bond motifs is 1. The van der Waals surface area contributed by atoms with Crippen molar-refractivity contribution in [2.75, 3.05) is 0 Å². The first kappa shape index (κ1) is 12.3. The smallest absolute Gasteiger partial charge is 0.358 e. The maximum Gasteiger partial charge on any atom is 0.358 e. The van der Waals surface area contributed by atoms with Crippen LogP contribution in [0.3, 0.4) is 0 Å². The molecule has 15 heavy (non-hydrogen) atoms. The quantitative estimate of drug-likeness (QED) is 0.679. The highest BCUT2D eigenvalue weighted by molar-refractivity contribution is 14.1. The fourth-order valence-electron chi connectivity index (χ4n) is 0.756. The predicted molar refractivity (Wildman–Crippen MR) is 56.9 cm³/mol. The predicted octanol–water partition coefficient (Wildman–Crippen LogP) is 3.10. The van der Waals surface area contributed by atoms with Crippen LogP contribution in [0.1, 0.15) is 0 Å². The largest absolute Gasteiger partial charge is 0.478 e. The van der Waals surface area contributed by atoms with Crippen LogP contribution in [-0.4, -0.2) is 21.2 Å². The van der Waals surface area contributed by atoms with Gasteiger partial charge < -0.3 is 5.11 Å². The summed E-state index contributed by atoms with van der Waals surface area (Å²) in [6.45, 7) is 0. The lowest BCUT2D eigenvalue weighted by molar-refractivity contribution is -0.150. The Balaban J connectivity index is 0.000000158. The Morgan fingerprint density at radius 1 is 1.27 bits per heavy atom. The summed E-state index contributed by atoms with van der Waals surface area (Å²) in [7, 11) is 0. The van der Waals surface area contributed by atoms with Gasteiger partial charge in [-0.2, -0.15) is 0 Å². The van der Waals surface area contributed by atoms with Crippen LogP contribution in [0.15, 0.2) is 24.3 Å². The van der Waals surface area contributed by atoms with E-state index in [0.29, 0.717) is 22.6 Å². The third kappa shape index (κ3) is 2.61. The van der Waals surface area contributed by atoms with Gasteiger partial charge in [0.05, 0.1) is 0 Å². The molecule has 0 saturated carbocycles. The van der Waals surface area contributed by atoms with Crippen molar-refractivity contribution in [1.82, 2.24) is 0 Å². The number of hydrogen-bond acceptors (Lipinski definition) is 1. The number of hydrogen-bond donors (Lipinski definition) is 1. The van der Waals surface area contributed by atoms with Gasteiger partial charge in [0.15, 0.2) is 0 Å². The zero-order chi connectivity index (χ0) is 11.6. The molecular weight excluding hydrogens is 324 g/mol. The molecule has 2 aliphatic carbocycles. The lowest BCUT2D eigenvalue weighted by Crippen LogP contribution is -2.33. The Morgan fingerprint density at radius 2 is 1.60 bits per heavy atom. The van der Waals surface area contributed by atoms with E-state index in [4.69, 9.17) is 5.11 Å². The zero-order valence-electron chi connectivity index (χ0n) is 7.25. The van der Waals surface area contributed by atoms with Crippen LogP contribution in [0.4, 0.5) is 13.2 Å². The summed E-state index contributed by atoms with van der Waals surface area (Å²) >= 11 is 0.539. The zero-order valence-corrected chi connectivity index (χ0v) is 9.41. The van der Waals surface area contributed by atoms with Gasteiger partial charge in [-0.25, -0.2) is 18.0 Å². The van der Waals surface area contributed by atoms with Crippen molar-refractivity contribution in [3.05, 3.63) is 24.3 Å². The fraction of sp³-hybridized carbons (Fsp3) is 0.222. The number of benzene rings is 1.